The molecule has 1 saturated heterocycles. The largest absolute Gasteiger partial charge is 0.493 e. The second-order valence-electron chi connectivity index (χ2n) is 7.42. The number of fused-ring (bicyclic) bond motifs is 3. The lowest BCUT2D eigenvalue weighted by molar-refractivity contribution is -0.132. The summed E-state index contributed by atoms with van der Waals surface area (Å²) >= 11 is 0. The van der Waals surface area contributed by atoms with Gasteiger partial charge < -0.3 is 15.0 Å². The van der Waals surface area contributed by atoms with Crippen molar-refractivity contribution in [1.82, 2.24) is 15.2 Å². The molecule has 2 aliphatic rings. The van der Waals surface area contributed by atoms with Gasteiger partial charge in [-0.1, -0.05) is 36.4 Å². The van der Waals surface area contributed by atoms with E-state index < -0.39 is 17.5 Å². The second-order valence-corrected chi connectivity index (χ2v) is 7.42. The molecule has 1 fully saturated rings. The Kier molecular flexibility index (Phi) is 3.74. The van der Waals surface area contributed by atoms with Crippen LogP contribution in [0.15, 0.2) is 48.5 Å². The van der Waals surface area contributed by atoms with Crippen molar-refractivity contribution < 1.29 is 19.1 Å². The molecule has 29 heavy (non-hydrogen) atoms. The van der Waals surface area contributed by atoms with Gasteiger partial charge in [0.05, 0.1) is 13.2 Å². The smallest absolute Gasteiger partial charge is 0.325 e. The van der Waals surface area contributed by atoms with Gasteiger partial charge in [-0.25, -0.2) is 4.79 Å². The fourth-order valence-corrected chi connectivity index (χ4v) is 4.37. The van der Waals surface area contributed by atoms with E-state index in [1.54, 1.807) is 18.2 Å². The van der Waals surface area contributed by atoms with Crippen LogP contribution in [0, 0.1) is 6.92 Å². The number of nitrogens with one attached hydrogen (secondary N) is 2. The van der Waals surface area contributed by atoms with Crippen molar-refractivity contribution in [3.63, 3.8) is 0 Å². The number of aromatic nitrogens is 1. The van der Waals surface area contributed by atoms with Crippen LogP contribution < -0.4 is 10.1 Å². The van der Waals surface area contributed by atoms with Gasteiger partial charge in [0, 0.05) is 34.1 Å². The summed E-state index contributed by atoms with van der Waals surface area (Å²) in [6.45, 7) is 1.82. The number of ether oxygens (including phenoxy) is 1. The zero-order valence-electron chi connectivity index (χ0n) is 15.8. The number of imide groups is 1. The third kappa shape index (κ3) is 2.47. The van der Waals surface area contributed by atoms with Gasteiger partial charge in [-0.2, -0.15) is 0 Å². The molecule has 3 heterocycles. The molecule has 7 nitrogen and oxygen atoms in total. The second kappa shape index (κ2) is 6.20. The quantitative estimate of drug-likeness (QED) is 0.532. The number of amides is 3. The van der Waals surface area contributed by atoms with Crippen molar-refractivity contribution in [2.24, 2.45) is 0 Å². The number of Topliss-reactive ketones (excluding diaryl/α,β-unsaturated/α-hetero) is 1. The third-order valence-corrected chi connectivity index (χ3v) is 5.73. The number of carbonyl (C=O) groups is 3. The van der Waals surface area contributed by atoms with E-state index in [0.717, 1.165) is 21.5 Å². The lowest BCUT2D eigenvalue weighted by Gasteiger charge is -2.33. The van der Waals surface area contributed by atoms with Crippen molar-refractivity contribution in [2.45, 2.75) is 18.9 Å². The molecule has 2 aromatic carbocycles. The number of urea groups is 1. The first-order valence-corrected chi connectivity index (χ1v) is 9.48. The highest BCUT2D eigenvalue weighted by atomic mass is 16.5. The highest BCUT2D eigenvalue weighted by molar-refractivity contribution is 6.15. The average Bonchev–Trinajstić information content (AvgIpc) is 3.17. The molecule has 1 spiro atoms. The molecule has 2 N–H and O–H groups in total. The van der Waals surface area contributed by atoms with Crippen LogP contribution in [-0.4, -0.2) is 40.8 Å². The molecule has 7 heteroatoms. The monoisotopic (exact) mass is 389 g/mol. The average molecular weight is 389 g/mol. The number of para-hydroxylation sites is 2. The van der Waals surface area contributed by atoms with Gasteiger partial charge in [0.1, 0.15) is 5.75 Å². The fourth-order valence-electron chi connectivity index (χ4n) is 4.37. The maximum absolute atomic E-state index is 13.3. The van der Waals surface area contributed by atoms with E-state index in [-0.39, 0.29) is 12.3 Å². The zero-order chi connectivity index (χ0) is 20.2. The molecule has 0 unspecified atom stereocenters. The minimum absolute atomic E-state index is 0.277. The predicted molar refractivity (Wildman–Crippen MR) is 106 cm³/mol. The number of aryl methyl sites for hydroxylation is 1. The Bertz CT molecular complexity index is 1180. The van der Waals surface area contributed by atoms with Crippen molar-refractivity contribution in [1.29, 1.82) is 0 Å². The van der Waals surface area contributed by atoms with E-state index in [9.17, 15) is 14.4 Å². The van der Waals surface area contributed by atoms with E-state index >= 15 is 0 Å². The molecule has 1 atom stereocenters. The molecule has 146 valence electrons. The molecule has 0 bridgehead atoms. The molecule has 3 amide bonds. The molecule has 0 radical (unpaired) electrons. The van der Waals surface area contributed by atoms with Crippen molar-refractivity contribution >= 4 is 28.6 Å². The van der Waals surface area contributed by atoms with E-state index in [4.69, 9.17) is 4.74 Å². The lowest BCUT2D eigenvalue weighted by Crippen LogP contribution is -2.47. The Balaban J connectivity index is 1.49. The van der Waals surface area contributed by atoms with Crippen LogP contribution >= 0.6 is 0 Å². The molecular formula is C22H19N3O4. The van der Waals surface area contributed by atoms with Crippen molar-refractivity contribution in [2.75, 3.05) is 13.2 Å². The minimum atomic E-state index is -1.18. The van der Waals surface area contributed by atoms with E-state index in [1.165, 1.54) is 0 Å². The SMILES string of the molecule is Cc1[nH]c2ccccc2c1C(=O)CN1C(=O)N[C@]2(CCOc3ccccc32)C1=O. The number of benzene rings is 2. The Morgan fingerprint density at radius 3 is 2.76 bits per heavy atom. The van der Waals surface area contributed by atoms with Crippen LogP contribution in [0.4, 0.5) is 4.79 Å². The number of hydrogen-bond acceptors (Lipinski definition) is 4. The molecule has 0 aliphatic carbocycles. The lowest BCUT2D eigenvalue weighted by atomic mass is 9.84. The van der Waals surface area contributed by atoms with Gasteiger partial charge in [-0.3, -0.25) is 14.5 Å². The first kappa shape index (κ1) is 17.5. The van der Waals surface area contributed by atoms with Gasteiger partial charge in [0.25, 0.3) is 5.91 Å². The standard InChI is InChI=1S/C22H19N3O4/c1-13-19(14-6-2-4-8-16(14)23-13)17(26)12-25-20(27)22(24-21(25)28)10-11-29-18-9-5-3-7-15(18)22/h2-9,23H,10-12H2,1H3,(H,24,28)/t22-/m0/s1. The number of H-pyrrole nitrogens is 1. The number of carbonyl (C=O) groups excluding carboxylic acids is 3. The highest BCUT2D eigenvalue weighted by Crippen LogP contribution is 2.41. The van der Waals surface area contributed by atoms with E-state index in [0.29, 0.717) is 29.9 Å². The Morgan fingerprint density at radius 1 is 1.14 bits per heavy atom. The van der Waals surface area contributed by atoms with Crippen LogP contribution in [0.5, 0.6) is 5.75 Å². The summed E-state index contributed by atoms with van der Waals surface area (Å²) < 4.78 is 5.64. The van der Waals surface area contributed by atoms with Crippen LogP contribution in [0.1, 0.15) is 28.0 Å². The molecule has 5 rings (SSSR count). The predicted octanol–water partition coefficient (Wildman–Crippen LogP) is 2.89. The van der Waals surface area contributed by atoms with Crippen LogP contribution in [0.2, 0.25) is 0 Å². The fraction of sp³-hybridized carbons (Fsp3) is 0.227. The maximum atomic E-state index is 13.3. The first-order chi connectivity index (χ1) is 14.0. The molecule has 0 saturated carbocycles. The Hall–Kier alpha value is -3.61. The van der Waals surface area contributed by atoms with Crippen LogP contribution in [0.25, 0.3) is 10.9 Å². The number of hydrogen-bond donors (Lipinski definition) is 2. The summed E-state index contributed by atoms with van der Waals surface area (Å²) in [5.74, 6) is -0.113. The Morgan fingerprint density at radius 2 is 1.90 bits per heavy atom. The van der Waals surface area contributed by atoms with Crippen molar-refractivity contribution in [3.05, 3.63) is 65.4 Å². The summed E-state index contributed by atoms with van der Waals surface area (Å²) in [4.78, 5) is 43.3. The van der Waals surface area contributed by atoms with E-state index in [1.807, 2.05) is 37.3 Å². The summed E-state index contributed by atoms with van der Waals surface area (Å²) in [7, 11) is 0. The third-order valence-electron chi connectivity index (χ3n) is 5.73. The van der Waals surface area contributed by atoms with E-state index in [2.05, 4.69) is 10.3 Å². The van der Waals surface area contributed by atoms with Gasteiger partial charge in [0.2, 0.25) is 0 Å². The van der Waals surface area contributed by atoms with Crippen molar-refractivity contribution in [3.8, 4) is 5.75 Å². The maximum Gasteiger partial charge on any atom is 0.325 e. The summed E-state index contributed by atoms with van der Waals surface area (Å²) in [6.07, 6.45) is 0.325. The summed E-state index contributed by atoms with van der Waals surface area (Å²) in [5.41, 5.74) is 1.52. The molecule has 1 aromatic heterocycles. The van der Waals surface area contributed by atoms with Gasteiger partial charge in [-0.15, -0.1) is 0 Å². The van der Waals surface area contributed by atoms with Crippen LogP contribution in [0.3, 0.4) is 0 Å². The number of rotatable bonds is 3. The summed E-state index contributed by atoms with van der Waals surface area (Å²) in [5, 5.41) is 3.61. The van der Waals surface area contributed by atoms with Crippen LogP contribution in [-0.2, 0) is 10.3 Å². The zero-order valence-corrected chi connectivity index (χ0v) is 15.8. The summed E-state index contributed by atoms with van der Waals surface area (Å²) in [6, 6.07) is 14.1. The number of nitrogens with zero attached hydrogens (tertiary/aromatic N) is 1. The highest BCUT2D eigenvalue weighted by Gasteiger charge is 2.55. The minimum Gasteiger partial charge on any atom is -0.493 e. The molecule has 3 aromatic rings. The Labute approximate surface area is 166 Å². The number of ketones is 1. The van der Waals surface area contributed by atoms with Gasteiger partial charge >= 0.3 is 6.03 Å². The number of aromatic amines is 1. The normalized spacial score (nSPS) is 20.7. The van der Waals surface area contributed by atoms with Gasteiger partial charge in [-0.05, 0) is 19.1 Å². The molecular weight excluding hydrogens is 370 g/mol. The first-order valence-electron chi connectivity index (χ1n) is 9.48. The molecule has 2 aliphatic heterocycles. The topological polar surface area (TPSA) is 91.5 Å². The van der Waals surface area contributed by atoms with Gasteiger partial charge in [0.15, 0.2) is 11.3 Å².